The first-order valence-corrected chi connectivity index (χ1v) is 11.9. The Bertz CT molecular complexity index is 1210. The Hall–Kier alpha value is -3.33. The van der Waals surface area contributed by atoms with E-state index in [9.17, 15) is 13.2 Å². The summed E-state index contributed by atoms with van der Waals surface area (Å²) in [7, 11) is -0.364. The summed E-state index contributed by atoms with van der Waals surface area (Å²) in [5, 5.41) is 7.08. The molecule has 1 unspecified atom stereocenters. The molecular weight excluding hydrogens is 430 g/mol. The lowest BCUT2D eigenvalue weighted by Gasteiger charge is -2.24. The van der Waals surface area contributed by atoms with Crippen LogP contribution in [0.4, 0.5) is 0 Å². The van der Waals surface area contributed by atoms with Crippen LogP contribution in [0.15, 0.2) is 59.5 Å². The van der Waals surface area contributed by atoms with E-state index in [0.29, 0.717) is 41.4 Å². The predicted octanol–water partition coefficient (Wildman–Crippen LogP) is 3.17. The summed E-state index contributed by atoms with van der Waals surface area (Å²) in [6.45, 7) is 0.505. The SMILES string of the molecule is COc1ccc(OC)c(-c2cc(C(=O)N3CCCC3CS(=O)(=O)c3ccccc3)[nH]n2)c1. The highest BCUT2D eigenvalue weighted by atomic mass is 32.2. The van der Waals surface area contributed by atoms with Gasteiger partial charge in [-0.1, -0.05) is 18.2 Å². The molecular formula is C23H25N3O5S. The Balaban J connectivity index is 1.56. The Morgan fingerprint density at radius 2 is 1.91 bits per heavy atom. The summed E-state index contributed by atoms with van der Waals surface area (Å²) in [6.07, 6.45) is 1.40. The Kier molecular flexibility index (Phi) is 6.18. The minimum Gasteiger partial charge on any atom is -0.497 e. The minimum atomic E-state index is -3.50. The van der Waals surface area contributed by atoms with Crippen molar-refractivity contribution < 1.29 is 22.7 Å². The third-order valence-electron chi connectivity index (χ3n) is 5.64. The molecule has 1 aromatic heterocycles. The second-order valence-corrected chi connectivity index (χ2v) is 9.66. The number of carbonyl (C=O) groups excluding carboxylic acids is 1. The predicted molar refractivity (Wildman–Crippen MR) is 120 cm³/mol. The molecule has 1 saturated heterocycles. The van der Waals surface area contributed by atoms with Crippen molar-refractivity contribution >= 4 is 15.7 Å². The summed E-state index contributed by atoms with van der Waals surface area (Å²) in [5.74, 6) is 0.871. The molecule has 0 bridgehead atoms. The molecule has 1 amide bonds. The van der Waals surface area contributed by atoms with Crippen molar-refractivity contribution in [3.05, 3.63) is 60.3 Å². The summed E-state index contributed by atoms with van der Waals surface area (Å²) >= 11 is 0. The van der Waals surface area contributed by atoms with Gasteiger partial charge in [0.05, 0.1) is 30.6 Å². The molecule has 2 aromatic carbocycles. The number of nitrogens with one attached hydrogen (secondary N) is 1. The zero-order valence-corrected chi connectivity index (χ0v) is 18.8. The van der Waals surface area contributed by atoms with Gasteiger partial charge in [0, 0.05) is 18.2 Å². The molecule has 9 heteroatoms. The molecule has 8 nitrogen and oxygen atoms in total. The second kappa shape index (κ2) is 9.04. The molecule has 0 aliphatic carbocycles. The molecule has 2 heterocycles. The van der Waals surface area contributed by atoms with Crippen LogP contribution in [0.2, 0.25) is 0 Å². The van der Waals surface area contributed by atoms with E-state index in [-0.39, 0.29) is 22.6 Å². The number of likely N-dealkylation sites (tertiary alicyclic amines) is 1. The summed E-state index contributed by atoms with van der Waals surface area (Å²) in [5.41, 5.74) is 1.53. The number of ether oxygens (including phenoxy) is 2. The number of aromatic nitrogens is 2. The molecule has 0 saturated carbocycles. The maximum absolute atomic E-state index is 13.2. The van der Waals surface area contributed by atoms with Crippen molar-refractivity contribution in [3.8, 4) is 22.8 Å². The highest BCUT2D eigenvalue weighted by Crippen LogP contribution is 2.33. The molecule has 1 aliphatic rings. The molecule has 1 aliphatic heterocycles. The Labute approximate surface area is 187 Å². The topological polar surface area (TPSA) is 102 Å². The Morgan fingerprint density at radius 3 is 2.62 bits per heavy atom. The van der Waals surface area contributed by atoms with Crippen molar-refractivity contribution in [1.29, 1.82) is 0 Å². The van der Waals surface area contributed by atoms with Crippen molar-refractivity contribution in [2.45, 2.75) is 23.8 Å². The average Bonchev–Trinajstić information content (AvgIpc) is 3.48. The zero-order valence-electron chi connectivity index (χ0n) is 17.9. The molecule has 168 valence electrons. The first-order chi connectivity index (χ1) is 15.4. The summed E-state index contributed by atoms with van der Waals surface area (Å²) in [4.78, 5) is 15.1. The monoisotopic (exact) mass is 455 g/mol. The lowest BCUT2D eigenvalue weighted by molar-refractivity contribution is 0.0743. The number of sulfone groups is 1. The van der Waals surface area contributed by atoms with Gasteiger partial charge in [0.15, 0.2) is 9.84 Å². The minimum absolute atomic E-state index is 0.104. The number of benzene rings is 2. The number of methoxy groups -OCH3 is 2. The third kappa shape index (κ3) is 4.34. The standard InChI is InChI=1S/C23H25N3O5S/c1-30-17-10-11-22(31-2)19(13-17)20-14-21(25-24-20)23(27)26-12-6-7-16(26)15-32(28,29)18-8-4-3-5-9-18/h3-5,8-11,13-14,16H,6-7,12,15H2,1-2H3,(H,24,25). The smallest absolute Gasteiger partial charge is 0.272 e. The van der Waals surface area contributed by atoms with Gasteiger partial charge in [-0.2, -0.15) is 5.10 Å². The number of amides is 1. The van der Waals surface area contributed by atoms with Crippen LogP contribution in [0, 0.1) is 0 Å². The van der Waals surface area contributed by atoms with Crippen molar-refractivity contribution in [1.82, 2.24) is 15.1 Å². The lowest BCUT2D eigenvalue weighted by atomic mass is 10.1. The number of hydrogen-bond donors (Lipinski definition) is 1. The first-order valence-electron chi connectivity index (χ1n) is 10.3. The number of H-pyrrole nitrogens is 1. The zero-order chi connectivity index (χ0) is 22.7. The van der Waals surface area contributed by atoms with E-state index in [2.05, 4.69) is 10.2 Å². The number of nitrogens with zero attached hydrogens (tertiary/aromatic N) is 2. The summed E-state index contributed by atoms with van der Waals surface area (Å²) in [6, 6.07) is 14.9. The molecule has 3 aromatic rings. The van der Waals surface area contributed by atoms with Crippen LogP contribution in [0.3, 0.4) is 0 Å². The van der Waals surface area contributed by atoms with Crippen LogP contribution in [0.1, 0.15) is 23.3 Å². The Morgan fingerprint density at radius 1 is 1.12 bits per heavy atom. The van der Waals surface area contributed by atoms with Gasteiger partial charge in [0.1, 0.15) is 17.2 Å². The maximum Gasteiger partial charge on any atom is 0.272 e. The van der Waals surface area contributed by atoms with Gasteiger partial charge < -0.3 is 14.4 Å². The summed E-state index contributed by atoms with van der Waals surface area (Å²) < 4.78 is 36.4. The van der Waals surface area contributed by atoms with E-state index in [1.54, 1.807) is 73.7 Å². The van der Waals surface area contributed by atoms with Crippen molar-refractivity contribution in [2.24, 2.45) is 0 Å². The fourth-order valence-corrected chi connectivity index (χ4v) is 5.61. The molecule has 1 N–H and O–H groups in total. The van der Waals surface area contributed by atoms with E-state index in [0.717, 1.165) is 6.42 Å². The van der Waals surface area contributed by atoms with Crippen LogP contribution in [-0.4, -0.2) is 62.0 Å². The van der Waals surface area contributed by atoms with Crippen LogP contribution in [0.25, 0.3) is 11.3 Å². The van der Waals surface area contributed by atoms with E-state index in [4.69, 9.17) is 9.47 Å². The fourth-order valence-electron chi connectivity index (χ4n) is 3.99. The highest BCUT2D eigenvalue weighted by molar-refractivity contribution is 7.91. The van der Waals surface area contributed by atoms with Crippen LogP contribution < -0.4 is 9.47 Å². The van der Waals surface area contributed by atoms with E-state index >= 15 is 0 Å². The van der Waals surface area contributed by atoms with E-state index in [1.165, 1.54) is 0 Å². The molecule has 0 spiro atoms. The van der Waals surface area contributed by atoms with Crippen molar-refractivity contribution in [2.75, 3.05) is 26.5 Å². The first kappa shape index (κ1) is 21.9. The normalized spacial score (nSPS) is 16.2. The second-order valence-electron chi connectivity index (χ2n) is 7.62. The van der Waals surface area contributed by atoms with E-state index in [1.807, 2.05) is 0 Å². The van der Waals surface area contributed by atoms with Gasteiger partial charge in [-0.3, -0.25) is 9.89 Å². The fraction of sp³-hybridized carbons (Fsp3) is 0.304. The average molecular weight is 456 g/mol. The van der Waals surface area contributed by atoms with Gasteiger partial charge in [-0.25, -0.2) is 8.42 Å². The molecule has 1 atom stereocenters. The molecule has 32 heavy (non-hydrogen) atoms. The number of rotatable bonds is 7. The highest BCUT2D eigenvalue weighted by Gasteiger charge is 2.34. The molecule has 0 radical (unpaired) electrons. The van der Waals surface area contributed by atoms with Gasteiger partial charge >= 0.3 is 0 Å². The van der Waals surface area contributed by atoms with Gasteiger partial charge in [-0.15, -0.1) is 0 Å². The van der Waals surface area contributed by atoms with Gasteiger partial charge in [0.25, 0.3) is 5.91 Å². The third-order valence-corrected chi connectivity index (χ3v) is 7.46. The van der Waals surface area contributed by atoms with Crippen LogP contribution in [0.5, 0.6) is 11.5 Å². The lowest BCUT2D eigenvalue weighted by Crippen LogP contribution is -2.39. The largest absolute Gasteiger partial charge is 0.497 e. The van der Waals surface area contributed by atoms with Crippen LogP contribution in [-0.2, 0) is 9.84 Å². The van der Waals surface area contributed by atoms with Gasteiger partial charge in [-0.05, 0) is 49.2 Å². The maximum atomic E-state index is 13.2. The quantitative estimate of drug-likeness (QED) is 0.587. The van der Waals surface area contributed by atoms with Crippen molar-refractivity contribution in [3.63, 3.8) is 0 Å². The van der Waals surface area contributed by atoms with Gasteiger partial charge in [0.2, 0.25) is 0 Å². The number of carbonyl (C=O) groups is 1. The van der Waals surface area contributed by atoms with Crippen LogP contribution >= 0.6 is 0 Å². The molecule has 1 fully saturated rings. The molecule has 4 rings (SSSR count). The number of hydrogen-bond acceptors (Lipinski definition) is 6. The van der Waals surface area contributed by atoms with E-state index < -0.39 is 9.84 Å². The number of aromatic amines is 1.